The van der Waals surface area contributed by atoms with Crippen molar-refractivity contribution in [1.82, 2.24) is 4.90 Å². The number of nitrogens with zero attached hydrogens (tertiary/aromatic N) is 2. The van der Waals surface area contributed by atoms with E-state index in [4.69, 9.17) is 4.74 Å². The second kappa shape index (κ2) is 5.51. The third-order valence-corrected chi connectivity index (χ3v) is 3.66. The number of methoxy groups -OCH3 is 1. The minimum Gasteiger partial charge on any atom is -0.453 e. The van der Waals surface area contributed by atoms with E-state index in [2.05, 4.69) is 37.8 Å². The molecule has 0 atom stereocenters. The molecule has 1 aliphatic heterocycles. The van der Waals surface area contributed by atoms with Gasteiger partial charge in [0.05, 0.1) is 7.11 Å². The van der Waals surface area contributed by atoms with Crippen LogP contribution in [-0.4, -0.2) is 44.3 Å². The molecule has 4 heteroatoms. The van der Waals surface area contributed by atoms with Gasteiger partial charge in [0.15, 0.2) is 0 Å². The Hall–Kier alpha value is -1.71. The Kier molecular flexibility index (Phi) is 3.98. The number of anilines is 1. The second-order valence-corrected chi connectivity index (χ2v) is 5.19. The number of amides is 1. The number of ether oxygens (including phenoxy) is 1. The first kappa shape index (κ1) is 13.7. The largest absolute Gasteiger partial charge is 0.453 e. The van der Waals surface area contributed by atoms with Crippen molar-refractivity contribution < 1.29 is 9.53 Å². The normalized spacial score (nSPS) is 15.6. The average Bonchev–Trinajstić information content (AvgIpc) is 2.37. The van der Waals surface area contributed by atoms with Crippen molar-refractivity contribution in [2.45, 2.75) is 20.8 Å². The van der Waals surface area contributed by atoms with Crippen LogP contribution in [0.15, 0.2) is 12.1 Å². The molecule has 1 fully saturated rings. The molecule has 0 bridgehead atoms. The molecule has 104 valence electrons. The van der Waals surface area contributed by atoms with E-state index in [1.54, 1.807) is 4.90 Å². The third-order valence-electron chi connectivity index (χ3n) is 3.66. The quantitative estimate of drug-likeness (QED) is 0.779. The summed E-state index contributed by atoms with van der Waals surface area (Å²) in [7, 11) is 1.43. The highest BCUT2D eigenvalue weighted by Gasteiger charge is 2.23. The first-order chi connectivity index (χ1) is 9.02. The minimum atomic E-state index is -0.225. The molecule has 1 saturated heterocycles. The molecule has 0 unspecified atom stereocenters. The highest BCUT2D eigenvalue weighted by atomic mass is 16.5. The molecule has 0 aliphatic carbocycles. The van der Waals surface area contributed by atoms with Crippen molar-refractivity contribution in [3.8, 4) is 0 Å². The first-order valence-corrected chi connectivity index (χ1v) is 6.68. The number of hydrogen-bond donors (Lipinski definition) is 0. The van der Waals surface area contributed by atoms with Crippen LogP contribution >= 0.6 is 0 Å². The van der Waals surface area contributed by atoms with Crippen LogP contribution in [-0.2, 0) is 4.74 Å². The molecule has 0 radical (unpaired) electrons. The summed E-state index contributed by atoms with van der Waals surface area (Å²) < 4.78 is 4.76. The van der Waals surface area contributed by atoms with Crippen LogP contribution in [0.25, 0.3) is 0 Å². The Morgan fingerprint density at radius 1 is 1.05 bits per heavy atom. The van der Waals surface area contributed by atoms with E-state index in [1.807, 2.05) is 0 Å². The van der Waals surface area contributed by atoms with E-state index in [0.29, 0.717) is 0 Å². The van der Waals surface area contributed by atoms with Crippen molar-refractivity contribution in [3.63, 3.8) is 0 Å². The molecular weight excluding hydrogens is 240 g/mol. The summed E-state index contributed by atoms with van der Waals surface area (Å²) in [6, 6.07) is 4.43. The van der Waals surface area contributed by atoms with Gasteiger partial charge >= 0.3 is 6.09 Å². The van der Waals surface area contributed by atoms with Crippen LogP contribution in [0.1, 0.15) is 16.7 Å². The van der Waals surface area contributed by atoms with Gasteiger partial charge in [-0.05, 0) is 31.9 Å². The number of carbonyl (C=O) groups excluding carboxylic acids is 1. The lowest BCUT2D eigenvalue weighted by molar-refractivity contribution is 0.121. The molecule has 2 rings (SSSR count). The zero-order valence-corrected chi connectivity index (χ0v) is 12.2. The summed E-state index contributed by atoms with van der Waals surface area (Å²) in [5.74, 6) is 0. The maximum atomic E-state index is 11.5. The van der Waals surface area contributed by atoms with Crippen molar-refractivity contribution >= 4 is 11.8 Å². The smallest absolute Gasteiger partial charge is 0.409 e. The van der Waals surface area contributed by atoms with Crippen molar-refractivity contribution in [1.29, 1.82) is 0 Å². The zero-order valence-electron chi connectivity index (χ0n) is 12.2. The lowest BCUT2D eigenvalue weighted by Gasteiger charge is -2.37. The van der Waals surface area contributed by atoms with Crippen LogP contribution < -0.4 is 4.90 Å². The van der Waals surface area contributed by atoms with Crippen LogP contribution in [0, 0.1) is 20.8 Å². The molecule has 1 aromatic rings. The second-order valence-electron chi connectivity index (χ2n) is 5.19. The van der Waals surface area contributed by atoms with Crippen molar-refractivity contribution in [3.05, 3.63) is 28.8 Å². The first-order valence-electron chi connectivity index (χ1n) is 6.68. The lowest BCUT2D eigenvalue weighted by Crippen LogP contribution is -2.49. The van der Waals surface area contributed by atoms with Gasteiger partial charge in [-0.15, -0.1) is 0 Å². The number of aryl methyl sites for hydroxylation is 3. The van der Waals surface area contributed by atoms with Crippen molar-refractivity contribution in [2.75, 3.05) is 38.2 Å². The maximum absolute atomic E-state index is 11.5. The summed E-state index contributed by atoms with van der Waals surface area (Å²) in [5, 5.41) is 0. The fourth-order valence-corrected chi connectivity index (χ4v) is 2.91. The van der Waals surface area contributed by atoms with E-state index in [0.717, 1.165) is 26.2 Å². The topological polar surface area (TPSA) is 32.8 Å². The minimum absolute atomic E-state index is 0.225. The number of benzene rings is 1. The van der Waals surface area contributed by atoms with Gasteiger partial charge in [-0.2, -0.15) is 0 Å². The number of hydrogen-bond acceptors (Lipinski definition) is 3. The molecular formula is C15H22N2O2. The van der Waals surface area contributed by atoms with E-state index in [1.165, 1.54) is 29.5 Å². The predicted molar refractivity (Wildman–Crippen MR) is 76.8 cm³/mol. The Labute approximate surface area is 115 Å². The van der Waals surface area contributed by atoms with Gasteiger partial charge in [0, 0.05) is 31.9 Å². The van der Waals surface area contributed by atoms with Crippen LogP contribution in [0.3, 0.4) is 0 Å². The lowest BCUT2D eigenvalue weighted by atomic mass is 10.0. The molecule has 0 N–H and O–H groups in total. The van der Waals surface area contributed by atoms with Crippen molar-refractivity contribution in [2.24, 2.45) is 0 Å². The Morgan fingerprint density at radius 2 is 1.58 bits per heavy atom. The van der Waals surface area contributed by atoms with E-state index in [-0.39, 0.29) is 6.09 Å². The molecule has 1 aromatic carbocycles. The standard InChI is InChI=1S/C15H22N2O2/c1-11-9-12(2)14(13(3)10-11)16-5-7-17(8-6-16)15(18)19-4/h9-10H,5-8H2,1-4H3. The average molecular weight is 262 g/mol. The number of piperazine rings is 1. The summed E-state index contributed by atoms with van der Waals surface area (Å²) in [6.07, 6.45) is -0.225. The van der Waals surface area contributed by atoms with Gasteiger partial charge < -0.3 is 14.5 Å². The summed E-state index contributed by atoms with van der Waals surface area (Å²) in [4.78, 5) is 15.6. The summed E-state index contributed by atoms with van der Waals surface area (Å²) >= 11 is 0. The van der Waals surface area contributed by atoms with Gasteiger partial charge in [0.1, 0.15) is 0 Å². The molecule has 0 saturated carbocycles. The SMILES string of the molecule is COC(=O)N1CCN(c2c(C)cc(C)cc2C)CC1. The van der Waals surface area contributed by atoms with E-state index >= 15 is 0 Å². The van der Waals surface area contributed by atoms with Gasteiger partial charge in [-0.25, -0.2) is 4.79 Å². The number of rotatable bonds is 1. The molecule has 19 heavy (non-hydrogen) atoms. The van der Waals surface area contributed by atoms with Crippen LogP contribution in [0.4, 0.5) is 10.5 Å². The van der Waals surface area contributed by atoms with E-state index < -0.39 is 0 Å². The van der Waals surface area contributed by atoms with Crippen LogP contribution in [0.2, 0.25) is 0 Å². The number of carbonyl (C=O) groups is 1. The molecule has 1 amide bonds. The van der Waals surface area contributed by atoms with Gasteiger partial charge in [0.25, 0.3) is 0 Å². The van der Waals surface area contributed by atoms with E-state index in [9.17, 15) is 4.79 Å². The fraction of sp³-hybridized carbons (Fsp3) is 0.533. The predicted octanol–water partition coefficient (Wildman–Crippen LogP) is 2.50. The van der Waals surface area contributed by atoms with Crippen LogP contribution in [0.5, 0.6) is 0 Å². The highest BCUT2D eigenvalue weighted by molar-refractivity contribution is 5.68. The Bertz CT molecular complexity index is 454. The molecule has 1 aliphatic rings. The molecule has 1 heterocycles. The zero-order chi connectivity index (χ0) is 14.0. The molecule has 0 aromatic heterocycles. The van der Waals surface area contributed by atoms with Gasteiger partial charge in [0.2, 0.25) is 0 Å². The molecule has 0 spiro atoms. The maximum Gasteiger partial charge on any atom is 0.409 e. The third kappa shape index (κ3) is 2.83. The Balaban J connectivity index is 2.12. The fourth-order valence-electron chi connectivity index (χ4n) is 2.91. The van der Waals surface area contributed by atoms with Gasteiger partial charge in [-0.1, -0.05) is 17.7 Å². The van der Waals surface area contributed by atoms with Gasteiger partial charge in [-0.3, -0.25) is 0 Å². The molecule has 4 nitrogen and oxygen atoms in total. The highest BCUT2D eigenvalue weighted by Crippen LogP contribution is 2.27. The summed E-state index contributed by atoms with van der Waals surface area (Å²) in [6.45, 7) is 9.60. The summed E-state index contributed by atoms with van der Waals surface area (Å²) in [5.41, 5.74) is 5.23. The monoisotopic (exact) mass is 262 g/mol. The Morgan fingerprint density at radius 3 is 2.05 bits per heavy atom.